The highest BCUT2D eigenvalue weighted by atomic mass is 16.5. The summed E-state index contributed by atoms with van der Waals surface area (Å²) in [4.78, 5) is 10.8. The fraction of sp³-hybridized carbons (Fsp3) is 0.286. The molecule has 0 spiro atoms. The molecule has 1 N–H and O–H groups in total. The maximum atomic E-state index is 10.8. The van der Waals surface area contributed by atoms with Crippen molar-refractivity contribution in [2.24, 2.45) is 0 Å². The van der Waals surface area contributed by atoms with Gasteiger partial charge in [-0.25, -0.2) is 4.79 Å². The largest absolute Gasteiger partial charge is 0.494 e. The summed E-state index contributed by atoms with van der Waals surface area (Å²) in [6.07, 6.45) is 0. The number of aryl methyl sites for hydroxylation is 2. The highest BCUT2D eigenvalue weighted by molar-refractivity contribution is 5.86. The number of carboxylic acid groups (broad SMARTS) is 1. The van der Waals surface area contributed by atoms with Crippen LogP contribution in [-0.2, 0) is 0 Å². The molecule has 0 aliphatic carbocycles. The molecular weight excluding hydrogens is 246 g/mol. The van der Waals surface area contributed by atoms with Crippen molar-refractivity contribution in [2.75, 3.05) is 6.61 Å². The molecule has 0 aliphatic rings. The van der Waals surface area contributed by atoms with Crippen LogP contribution in [0.5, 0.6) is 5.75 Å². The molecule has 5 heteroatoms. The van der Waals surface area contributed by atoms with Crippen molar-refractivity contribution in [1.82, 2.24) is 5.16 Å². The second-order valence-electron chi connectivity index (χ2n) is 4.25. The van der Waals surface area contributed by atoms with Gasteiger partial charge in [-0.15, -0.1) is 0 Å². The first kappa shape index (κ1) is 13.1. The van der Waals surface area contributed by atoms with Crippen LogP contribution in [0.2, 0.25) is 0 Å². The highest BCUT2D eigenvalue weighted by Crippen LogP contribution is 2.29. The van der Waals surface area contributed by atoms with Gasteiger partial charge in [0.15, 0.2) is 0 Å². The van der Waals surface area contributed by atoms with E-state index < -0.39 is 5.97 Å². The number of benzene rings is 1. The molecule has 0 bridgehead atoms. The number of carbonyl (C=O) groups is 1. The number of aromatic nitrogens is 1. The Morgan fingerprint density at radius 2 is 2.05 bits per heavy atom. The second-order valence-corrected chi connectivity index (χ2v) is 4.25. The van der Waals surface area contributed by atoms with Crippen molar-refractivity contribution in [1.29, 1.82) is 0 Å². The minimum Gasteiger partial charge on any atom is -0.494 e. The maximum absolute atomic E-state index is 10.8. The molecule has 2 aromatic rings. The van der Waals surface area contributed by atoms with E-state index in [2.05, 4.69) is 5.16 Å². The van der Waals surface area contributed by atoms with E-state index in [4.69, 9.17) is 14.4 Å². The Kier molecular flexibility index (Phi) is 3.55. The molecule has 0 saturated carbocycles. The molecule has 19 heavy (non-hydrogen) atoms. The molecule has 5 nitrogen and oxygen atoms in total. The Morgan fingerprint density at radius 3 is 2.63 bits per heavy atom. The Labute approximate surface area is 110 Å². The lowest BCUT2D eigenvalue weighted by Gasteiger charge is -2.10. The molecule has 100 valence electrons. The lowest BCUT2D eigenvalue weighted by molar-refractivity contribution is 0.0652. The van der Waals surface area contributed by atoms with Gasteiger partial charge in [0.2, 0.25) is 5.76 Å². The number of rotatable bonds is 4. The standard InChI is InChI=1S/C14H15NO4/c1-4-18-12-6-8(2)10(5-9(12)3)11-7-13(14(16)17)19-15-11/h5-7H,4H2,1-3H3,(H,16,17). The minimum atomic E-state index is -1.13. The van der Waals surface area contributed by atoms with E-state index in [1.807, 2.05) is 32.9 Å². The van der Waals surface area contributed by atoms with Gasteiger partial charge in [-0.1, -0.05) is 5.16 Å². The summed E-state index contributed by atoms with van der Waals surface area (Å²) in [6.45, 7) is 6.39. The van der Waals surface area contributed by atoms with Crippen LogP contribution in [0.3, 0.4) is 0 Å². The molecule has 0 aliphatic heterocycles. The van der Waals surface area contributed by atoms with E-state index in [-0.39, 0.29) is 5.76 Å². The molecule has 2 rings (SSSR count). The number of aromatic carboxylic acids is 1. The van der Waals surface area contributed by atoms with Crippen molar-refractivity contribution >= 4 is 5.97 Å². The minimum absolute atomic E-state index is 0.166. The molecule has 0 fully saturated rings. The Morgan fingerprint density at radius 1 is 1.32 bits per heavy atom. The van der Waals surface area contributed by atoms with E-state index in [1.54, 1.807) is 0 Å². The fourth-order valence-electron chi connectivity index (χ4n) is 1.88. The van der Waals surface area contributed by atoms with E-state index in [9.17, 15) is 4.79 Å². The topological polar surface area (TPSA) is 72.6 Å². The molecule has 1 aromatic heterocycles. The third-order valence-corrected chi connectivity index (χ3v) is 2.82. The third-order valence-electron chi connectivity index (χ3n) is 2.82. The van der Waals surface area contributed by atoms with Crippen molar-refractivity contribution in [3.05, 3.63) is 35.1 Å². The van der Waals surface area contributed by atoms with Crippen LogP contribution in [-0.4, -0.2) is 22.8 Å². The SMILES string of the molecule is CCOc1cc(C)c(-c2cc(C(=O)O)on2)cc1C. The fourth-order valence-corrected chi connectivity index (χ4v) is 1.88. The summed E-state index contributed by atoms with van der Waals surface area (Å²) in [5.74, 6) is -0.467. The van der Waals surface area contributed by atoms with Crippen LogP contribution >= 0.6 is 0 Å². The summed E-state index contributed by atoms with van der Waals surface area (Å²) in [6, 6.07) is 5.26. The monoisotopic (exact) mass is 261 g/mol. The van der Waals surface area contributed by atoms with Gasteiger partial charge in [0, 0.05) is 11.6 Å². The quantitative estimate of drug-likeness (QED) is 0.915. The zero-order chi connectivity index (χ0) is 14.0. The average molecular weight is 261 g/mol. The molecule has 0 amide bonds. The van der Waals surface area contributed by atoms with E-state index in [0.29, 0.717) is 12.3 Å². The Hall–Kier alpha value is -2.30. The lowest BCUT2D eigenvalue weighted by atomic mass is 10.0. The van der Waals surface area contributed by atoms with Crippen molar-refractivity contribution < 1.29 is 19.2 Å². The lowest BCUT2D eigenvalue weighted by Crippen LogP contribution is -1.96. The van der Waals surface area contributed by atoms with E-state index in [0.717, 1.165) is 22.4 Å². The van der Waals surface area contributed by atoms with Gasteiger partial charge in [0.1, 0.15) is 11.4 Å². The van der Waals surface area contributed by atoms with Gasteiger partial charge in [-0.05, 0) is 44.0 Å². The highest BCUT2D eigenvalue weighted by Gasteiger charge is 2.15. The predicted octanol–water partition coefficient (Wildman–Crippen LogP) is 3.06. The molecule has 0 unspecified atom stereocenters. The first-order valence-corrected chi connectivity index (χ1v) is 5.97. The number of hydrogen-bond acceptors (Lipinski definition) is 4. The summed E-state index contributed by atoms with van der Waals surface area (Å²) >= 11 is 0. The van der Waals surface area contributed by atoms with Crippen LogP contribution in [0.4, 0.5) is 0 Å². The molecule has 0 saturated heterocycles. The van der Waals surface area contributed by atoms with Gasteiger partial charge in [-0.3, -0.25) is 0 Å². The Balaban J connectivity index is 2.44. The van der Waals surface area contributed by atoms with Gasteiger partial charge in [0.05, 0.1) is 6.61 Å². The van der Waals surface area contributed by atoms with Gasteiger partial charge in [-0.2, -0.15) is 0 Å². The molecule has 1 heterocycles. The van der Waals surface area contributed by atoms with Crippen molar-refractivity contribution in [2.45, 2.75) is 20.8 Å². The van der Waals surface area contributed by atoms with E-state index >= 15 is 0 Å². The van der Waals surface area contributed by atoms with Gasteiger partial charge in [0.25, 0.3) is 0 Å². The average Bonchev–Trinajstić information content (AvgIpc) is 2.83. The van der Waals surface area contributed by atoms with Crippen LogP contribution < -0.4 is 4.74 Å². The van der Waals surface area contributed by atoms with Gasteiger partial charge < -0.3 is 14.4 Å². The van der Waals surface area contributed by atoms with Crippen LogP contribution in [0.25, 0.3) is 11.3 Å². The zero-order valence-corrected chi connectivity index (χ0v) is 11.1. The first-order chi connectivity index (χ1) is 9.02. The van der Waals surface area contributed by atoms with Crippen LogP contribution in [0.15, 0.2) is 22.7 Å². The first-order valence-electron chi connectivity index (χ1n) is 5.97. The second kappa shape index (κ2) is 5.14. The van der Waals surface area contributed by atoms with Crippen LogP contribution in [0, 0.1) is 13.8 Å². The normalized spacial score (nSPS) is 10.5. The number of carboxylic acids is 1. The number of nitrogens with zero attached hydrogens (tertiary/aromatic N) is 1. The third kappa shape index (κ3) is 2.59. The summed E-state index contributed by atoms with van der Waals surface area (Å²) < 4.78 is 10.3. The molecular formula is C14H15NO4. The van der Waals surface area contributed by atoms with Gasteiger partial charge >= 0.3 is 5.97 Å². The number of hydrogen-bond donors (Lipinski definition) is 1. The molecule has 0 atom stereocenters. The molecule has 1 aromatic carbocycles. The Bertz CT molecular complexity index is 616. The van der Waals surface area contributed by atoms with E-state index in [1.165, 1.54) is 6.07 Å². The summed E-state index contributed by atoms with van der Waals surface area (Å²) in [7, 11) is 0. The zero-order valence-electron chi connectivity index (χ0n) is 11.1. The smallest absolute Gasteiger partial charge is 0.374 e. The summed E-state index contributed by atoms with van der Waals surface area (Å²) in [5, 5.41) is 12.6. The number of ether oxygens (including phenoxy) is 1. The maximum Gasteiger partial charge on any atom is 0.374 e. The predicted molar refractivity (Wildman–Crippen MR) is 69.5 cm³/mol. The molecule has 0 radical (unpaired) electrons. The van der Waals surface area contributed by atoms with Crippen molar-refractivity contribution in [3.8, 4) is 17.0 Å². The van der Waals surface area contributed by atoms with Crippen LogP contribution in [0.1, 0.15) is 28.6 Å². The summed E-state index contributed by atoms with van der Waals surface area (Å²) in [5.41, 5.74) is 3.29. The van der Waals surface area contributed by atoms with Crippen molar-refractivity contribution in [3.63, 3.8) is 0 Å².